The molecule has 2 aromatic rings. The smallest absolute Gasteiger partial charge is 0.249 e. The van der Waals surface area contributed by atoms with Crippen molar-refractivity contribution in [2.24, 2.45) is 0 Å². The molecule has 1 aliphatic heterocycles. The Morgan fingerprint density at radius 1 is 1.15 bits per heavy atom. The van der Waals surface area contributed by atoms with Gasteiger partial charge in [0, 0.05) is 37.4 Å². The Morgan fingerprint density at radius 3 is 2.50 bits per heavy atom. The number of benzene rings is 1. The maximum atomic E-state index is 12.7. The van der Waals surface area contributed by atoms with Gasteiger partial charge in [-0.1, -0.05) is 30.3 Å². The van der Waals surface area contributed by atoms with Gasteiger partial charge in [0.1, 0.15) is 11.8 Å². The van der Waals surface area contributed by atoms with Gasteiger partial charge in [0.2, 0.25) is 11.9 Å². The highest BCUT2D eigenvalue weighted by Gasteiger charge is 2.23. The molecule has 0 aliphatic carbocycles. The maximum absolute atomic E-state index is 12.7. The highest BCUT2D eigenvalue weighted by Crippen LogP contribution is 2.15. The molecule has 1 fully saturated rings. The summed E-state index contributed by atoms with van der Waals surface area (Å²) >= 11 is 0. The van der Waals surface area contributed by atoms with Crippen LogP contribution in [0.5, 0.6) is 0 Å². The van der Waals surface area contributed by atoms with Crippen LogP contribution in [0, 0.1) is 18.3 Å². The highest BCUT2D eigenvalue weighted by atomic mass is 16.2. The van der Waals surface area contributed by atoms with Crippen molar-refractivity contribution in [3.8, 4) is 6.07 Å². The lowest BCUT2D eigenvalue weighted by Crippen LogP contribution is -2.49. The minimum Gasteiger partial charge on any atom is -0.337 e. The van der Waals surface area contributed by atoms with Crippen molar-refractivity contribution < 1.29 is 4.79 Å². The second-order valence-electron chi connectivity index (χ2n) is 6.32. The molecule has 1 aromatic heterocycles. The first-order valence-corrected chi connectivity index (χ1v) is 8.60. The third-order valence-corrected chi connectivity index (χ3v) is 4.33. The van der Waals surface area contributed by atoms with Gasteiger partial charge < -0.3 is 9.80 Å². The van der Waals surface area contributed by atoms with Gasteiger partial charge in [-0.25, -0.2) is 9.97 Å². The third-order valence-electron chi connectivity index (χ3n) is 4.33. The Kier molecular flexibility index (Phi) is 5.28. The fourth-order valence-corrected chi connectivity index (χ4v) is 2.97. The third kappa shape index (κ3) is 4.06. The Labute approximate surface area is 153 Å². The summed E-state index contributed by atoms with van der Waals surface area (Å²) in [5, 5.41) is 9.06. The number of aromatic nitrogens is 2. The van der Waals surface area contributed by atoms with Crippen molar-refractivity contribution in [1.82, 2.24) is 14.9 Å². The average Bonchev–Trinajstić information content (AvgIpc) is 2.67. The lowest BCUT2D eigenvalue weighted by Gasteiger charge is -2.35. The maximum Gasteiger partial charge on any atom is 0.249 e. The van der Waals surface area contributed by atoms with Crippen LogP contribution in [0.1, 0.15) is 23.9 Å². The van der Waals surface area contributed by atoms with E-state index in [1.54, 1.807) is 6.07 Å². The van der Waals surface area contributed by atoms with Gasteiger partial charge in [-0.15, -0.1) is 0 Å². The molecule has 0 spiro atoms. The average molecular weight is 347 g/mol. The molecule has 0 atom stereocenters. The predicted molar refractivity (Wildman–Crippen MR) is 100 cm³/mol. The van der Waals surface area contributed by atoms with Crippen LogP contribution >= 0.6 is 0 Å². The minimum absolute atomic E-state index is 0.0522. The molecule has 0 unspecified atom stereocenters. The van der Waals surface area contributed by atoms with Crippen LogP contribution in [0.25, 0.3) is 6.08 Å². The molecule has 1 aliphatic rings. The monoisotopic (exact) mass is 347 g/mol. The number of aryl methyl sites for hydroxylation is 1. The summed E-state index contributed by atoms with van der Waals surface area (Å²) in [6, 6.07) is 13.6. The molecule has 6 heteroatoms. The summed E-state index contributed by atoms with van der Waals surface area (Å²) in [6.45, 7) is 6.22. The predicted octanol–water partition coefficient (Wildman–Crippen LogP) is 2.41. The Morgan fingerprint density at radius 2 is 1.85 bits per heavy atom. The molecule has 0 saturated carbocycles. The van der Waals surface area contributed by atoms with Gasteiger partial charge in [0.05, 0.1) is 0 Å². The van der Waals surface area contributed by atoms with E-state index in [4.69, 9.17) is 5.26 Å². The molecule has 1 saturated heterocycles. The number of carbonyl (C=O) groups excluding carboxylic acids is 1. The Hall–Kier alpha value is -3.20. The molecule has 2 heterocycles. The molecule has 6 nitrogen and oxygen atoms in total. The first-order valence-electron chi connectivity index (χ1n) is 8.60. The van der Waals surface area contributed by atoms with E-state index in [1.165, 1.54) is 0 Å². The number of piperazine rings is 1. The van der Waals surface area contributed by atoms with Crippen molar-refractivity contribution in [3.05, 3.63) is 58.9 Å². The zero-order valence-electron chi connectivity index (χ0n) is 15.0. The van der Waals surface area contributed by atoms with E-state index in [-0.39, 0.29) is 5.91 Å². The van der Waals surface area contributed by atoms with Crippen molar-refractivity contribution >= 4 is 17.9 Å². The van der Waals surface area contributed by atoms with Crippen molar-refractivity contribution in [1.29, 1.82) is 5.26 Å². The second-order valence-corrected chi connectivity index (χ2v) is 6.32. The standard InChI is InChI=1S/C20H21N5O/c1-15(12-17-6-4-3-5-7-17)19(26)24-8-10-25(11-9-24)20-22-16(2)13-18(14-21)23-20/h3-7,12-13H,8-11H2,1-2H3/b15-12+. The summed E-state index contributed by atoms with van der Waals surface area (Å²) in [4.78, 5) is 25.2. The van der Waals surface area contributed by atoms with Crippen LogP contribution in [0.15, 0.2) is 42.0 Å². The molecule has 132 valence electrons. The fourth-order valence-electron chi connectivity index (χ4n) is 2.97. The van der Waals surface area contributed by atoms with Crippen molar-refractivity contribution in [3.63, 3.8) is 0 Å². The van der Waals surface area contributed by atoms with Crippen LogP contribution < -0.4 is 4.90 Å². The molecule has 1 amide bonds. The quantitative estimate of drug-likeness (QED) is 0.797. The zero-order valence-corrected chi connectivity index (χ0v) is 15.0. The molecular weight excluding hydrogens is 326 g/mol. The van der Waals surface area contributed by atoms with Crippen LogP contribution in [0.3, 0.4) is 0 Å². The largest absolute Gasteiger partial charge is 0.337 e. The Bertz CT molecular complexity index is 862. The van der Waals surface area contributed by atoms with E-state index in [9.17, 15) is 4.79 Å². The number of amides is 1. The van der Waals surface area contributed by atoms with E-state index < -0.39 is 0 Å². The van der Waals surface area contributed by atoms with Gasteiger partial charge in [-0.2, -0.15) is 5.26 Å². The Balaban J connectivity index is 1.65. The second kappa shape index (κ2) is 7.79. The summed E-state index contributed by atoms with van der Waals surface area (Å²) in [7, 11) is 0. The van der Waals surface area contributed by atoms with Crippen molar-refractivity contribution in [2.45, 2.75) is 13.8 Å². The van der Waals surface area contributed by atoms with Crippen LogP contribution in [-0.4, -0.2) is 47.0 Å². The minimum atomic E-state index is 0.0522. The first-order chi connectivity index (χ1) is 12.6. The number of hydrogen-bond donors (Lipinski definition) is 0. The molecule has 0 radical (unpaired) electrons. The number of hydrogen-bond acceptors (Lipinski definition) is 5. The molecule has 0 bridgehead atoms. The summed E-state index contributed by atoms with van der Waals surface area (Å²) in [6.07, 6.45) is 1.91. The summed E-state index contributed by atoms with van der Waals surface area (Å²) in [5.74, 6) is 0.613. The number of carbonyl (C=O) groups is 1. The van der Waals surface area contributed by atoms with E-state index in [0.29, 0.717) is 37.8 Å². The fraction of sp³-hybridized carbons (Fsp3) is 0.300. The SMILES string of the molecule is C/C(=C\c1ccccc1)C(=O)N1CCN(c2nc(C)cc(C#N)n2)CC1. The van der Waals surface area contributed by atoms with E-state index in [2.05, 4.69) is 16.0 Å². The van der Waals surface area contributed by atoms with Gasteiger partial charge in [0.25, 0.3) is 0 Å². The van der Waals surface area contributed by atoms with E-state index in [1.807, 2.05) is 60.1 Å². The van der Waals surface area contributed by atoms with Crippen LogP contribution in [0.2, 0.25) is 0 Å². The highest BCUT2D eigenvalue weighted by molar-refractivity contribution is 5.97. The molecular formula is C20H21N5O. The topological polar surface area (TPSA) is 73.1 Å². The van der Waals surface area contributed by atoms with Gasteiger partial charge in [0.15, 0.2) is 0 Å². The van der Waals surface area contributed by atoms with Gasteiger partial charge in [-0.3, -0.25) is 4.79 Å². The molecule has 3 rings (SSSR count). The van der Waals surface area contributed by atoms with Gasteiger partial charge in [-0.05, 0) is 31.6 Å². The zero-order chi connectivity index (χ0) is 18.5. The van der Waals surface area contributed by atoms with Crippen molar-refractivity contribution in [2.75, 3.05) is 31.1 Å². The lowest BCUT2D eigenvalue weighted by molar-refractivity contribution is -0.127. The van der Waals surface area contributed by atoms with Crippen LogP contribution in [-0.2, 0) is 4.79 Å². The molecule has 0 N–H and O–H groups in total. The number of rotatable bonds is 3. The normalized spacial score (nSPS) is 14.9. The summed E-state index contributed by atoms with van der Waals surface area (Å²) < 4.78 is 0. The molecule has 1 aromatic carbocycles. The lowest BCUT2D eigenvalue weighted by atomic mass is 10.1. The first kappa shape index (κ1) is 17.6. The number of anilines is 1. The van der Waals surface area contributed by atoms with Gasteiger partial charge >= 0.3 is 0 Å². The molecule has 26 heavy (non-hydrogen) atoms. The van der Waals surface area contributed by atoms with E-state index >= 15 is 0 Å². The number of nitrogens with zero attached hydrogens (tertiary/aromatic N) is 5. The van der Waals surface area contributed by atoms with Crippen LogP contribution in [0.4, 0.5) is 5.95 Å². The summed E-state index contributed by atoms with van der Waals surface area (Å²) in [5.41, 5.74) is 2.89. The van der Waals surface area contributed by atoms with E-state index in [0.717, 1.165) is 16.8 Å². The number of nitriles is 1.